The molecule has 3 rings (SSSR count). The standard InChI is InChI=1S/C14H15N3O/c1-15-13-8-12(16-9-17-13)11-6-2-4-10-5-3-7-18-14(10)11/h2,4,6,8-9H,3,5,7H2,1H3,(H,15,16,17). The first-order valence-corrected chi connectivity index (χ1v) is 6.13. The Morgan fingerprint density at radius 1 is 1.28 bits per heavy atom. The molecule has 92 valence electrons. The van der Waals surface area contributed by atoms with Gasteiger partial charge in [0.15, 0.2) is 0 Å². The molecule has 4 heteroatoms. The molecule has 0 unspecified atom stereocenters. The van der Waals surface area contributed by atoms with Crippen molar-refractivity contribution in [2.24, 2.45) is 0 Å². The van der Waals surface area contributed by atoms with E-state index in [0.717, 1.165) is 42.3 Å². The summed E-state index contributed by atoms with van der Waals surface area (Å²) in [6.07, 6.45) is 3.73. The van der Waals surface area contributed by atoms with E-state index in [4.69, 9.17) is 4.74 Å². The number of fused-ring (bicyclic) bond motifs is 1. The molecule has 4 nitrogen and oxygen atoms in total. The minimum atomic E-state index is 0.786. The molecule has 18 heavy (non-hydrogen) atoms. The van der Waals surface area contributed by atoms with Gasteiger partial charge in [0.05, 0.1) is 12.3 Å². The molecule has 0 amide bonds. The van der Waals surface area contributed by atoms with Crippen molar-refractivity contribution in [2.75, 3.05) is 19.0 Å². The Bertz CT molecular complexity index is 569. The first kappa shape index (κ1) is 11.0. The largest absolute Gasteiger partial charge is 0.493 e. The molecule has 0 saturated carbocycles. The first-order chi connectivity index (χ1) is 8.88. The summed E-state index contributed by atoms with van der Waals surface area (Å²) in [4.78, 5) is 8.47. The van der Waals surface area contributed by atoms with Crippen molar-refractivity contribution in [2.45, 2.75) is 12.8 Å². The van der Waals surface area contributed by atoms with Gasteiger partial charge >= 0.3 is 0 Å². The molecule has 1 aliphatic heterocycles. The zero-order valence-corrected chi connectivity index (χ0v) is 10.3. The SMILES string of the molecule is CNc1cc(-c2cccc3c2OCCC3)ncn1. The van der Waals surface area contributed by atoms with Gasteiger partial charge in [-0.25, -0.2) is 9.97 Å². The van der Waals surface area contributed by atoms with Crippen molar-refractivity contribution in [3.05, 3.63) is 36.2 Å². The van der Waals surface area contributed by atoms with Crippen molar-refractivity contribution >= 4 is 5.82 Å². The zero-order chi connectivity index (χ0) is 12.4. The van der Waals surface area contributed by atoms with Gasteiger partial charge < -0.3 is 10.1 Å². The van der Waals surface area contributed by atoms with Crippen LogP contribution in [0.4, 0.5) is 5.82 Å². The highest BCUT2D eigenvalue weighted by molar-refractivity contribution is 5.71. The Balaban J connectivity index is 2.10. The molecule has 1 aromatic heterocycles. The normalized spacial score (nSPS) is 13.6. The van der Waals surface area contributed by atoms with Crippen molar-refractivity contribution < 1.29 is 4.74 Å². The lowest BCUT2D eigenvalue weighted by Gasteiger charge is -2.20. The van der Waals surface area contributed by atoms with Gasteiger partial charge in [0.2, 0.25) is 0 Å². The lowest BCUT2D eigenvalue weighted by atomic mass is 10.0. The molecule has 0 aliphatic carbocycles. The van der Waals surface area contributed by atoms with Crippen LogP contribution in [0.25, 0.3) is 11.3 Å². The number of nitrogens with one attached hydrogen (secondary N) is 1. The number of nitrogens with zero attached hydrogens (tertiary/aromatic N) is 2. The lowest BCUT2D eigenvalue weighted by Crippen LogP contribution is -2.09. The van der Waals surface area contributed by atoms with Crippen LogP contribution in [0.1, 0.15) is 12.0 Å². The van der Waals surface area contributed by atoms with Crippen molar-refractivity contribution in [1.29, 1.82) is 0 Å². The van der Waals surface area contributed by atoms with E-state index in [9.17, 15) is 0 Å². The number of benzene rings is 1. The fourth-order valence-electron chi connectivity index (χ4n) is 2.23. The average molecular weight is 241 g/mol. The van der Waals surface area contributed by atoms with Gasteiger partial charge in [-0.1, -0.05) is 12.1 Å². The van der Waals surface area contributed by atoms with Gasteiger partial charge in [0.1, 0.15) is 17.9 Å². The monoisotopic (exact) mass is 241 g/mol. The maximum atomic E-state index is 5.80. The van der Waals surface area contributed by atoms with E-state index in [1.54, 1.807) is 6.33 Å². The third-order valence-electron chi connectivity index (χ3n) is 3.13. The molecule has 0 saturated heterocycles. The maximum absolute atomic E-state index is 5.80. The van der Waals surface area contributed by atoms with E-state index in [-0.39, 0.29) is 0 Å². The Hall–Kier alpha value is -2.10. The van der Waals surface area contributed by atoms with Gasteiger partial charge in [-0.05, 0) is 24.5 Å². The molecular weight excluding hydrogens is 226 g/mol. The number of hydrogen-bond donors (Lipinski definition) is 1. The quantitative estimate of drug-likeness (QED) is 0.877. The molecule has 2 aromatic rings. The summed E-state index contributed by atoms with van der Waals surface area (Å²) < 4.78 is 5.80. The number of hydrogen-bond acceptors (Lipinski definition) is 4. The molecule has 0 atom stereocenters. The van der Waals surface area contributed by atoms with Crippen LogP contribution >= 0.6 is 0 Å². The zero-order valence-electron chi connectivity index (χ0n) is 10.3. The molecule has 1 aliphatic rings. The van der Waals surface area contributed by atoms with E-state index in [1.165, 1.54) is 5.56 Å². The fraction of sp³-hybridized carbons (Fsp3) is 0.286. The lowest BCUT2D eigenvalue weighted by molar-refractivity contribution is 0.289. The first-order valence-electron chi connectivity index (χ1n) is 6.13. The van der Waals surface area contributed by atoms with E-state index in [1.807, 2.05) is 19.2 Å². The summed E-state index contributed by atoms with van der Waals surface area (Å²) in [5.41, 5.74) is 3.21. The van der Waals surface area contributed by atoms with E-state index in [0.29, 0.717) is 0 Å². The highest BCUT2D eigenvalue weighted by atomic mass is 16.5. The summed E-state index contributed by atoms with van der Waals surface area (Å²) in [5, 5.41) is 3.03. The van der Waals surface area contributed by atoms with E-state index >= 15 is 0 Å². The van der Waals surface area contributed by atoms with E-state index in [2.05, 4.69) is 27.4 Å². The van der Waals surface area contributed by atoms with Gasteiger partial charge in [-0.15, -0.1) is 0 Å². The van der Waals surface area contributed by atoms with Gasteiger partial charge in [0, 0.05) is 18.7 Å². The smallest absolute Gasteiger partial charge is 0.131 e. The van der Waals surface area contributed by atoms with E-state index < -0.39 is 0 Å². The number of aromatic nitrogens is 2. The Labute approximate surface area is 106 Å². The summed E-state index contributed by atoms with van der Waals surface area (Å²) >= 11 is 0. The second-order valence-electron chi connectivity index (χ2n) is 4.28. The summed E-state index contributed by atoms with van der Waals surface area (Å²) in [5.74, 6) is 1.79. The number of aryl methyl sites for hydroxylation is 1. The number of anilines is 1. The number of ether oxygens (including phenoxy) is 1. The minimum absolute atomic E-state index is 0.786. The Morgan fingerprint density at radius 3 is 3.11 bits per heavy atom. The molecule has 0 spiro atoms. The van der Waals surface area contributed by atoms with Crippen molar-refractivity contribution in [3.63, 3.8) is 0 Å². The van der Waals surface area contributed by atoms with Crippen LogP contribution in [0.5, 0.6) is 5.75 Å². The second-order valence-corrected chi connectivity index (χ2v) is 4.28. The van der Waals surface area contributed by atoms with Gasteiger partial charge in [-0.3, -0.25) is 0 Å². The fourth-order valence-corrected chi connectivity index (χ4v) is 2.23. The highest BCUT2D eigenvalue weighted by Gasteiger charge is 2.16. The highest BCUT2D eigenvalue weighted by Crippen LogP contribution is 2.35. The van der Waals surface area contributed by atoms with Crippen LogP contribution in [0.3, 0.4) is 0 Å². The Kier molecular flexibility index (Phi) is 2.84. The van der Waals surface area contributed by atoms with Crippen LogP contribution in [-0.2, 0) is 6.42 Å². The summed E-state index contributed by atoms with van der Waals surface area (Å²) in [6, 6.07) is 8.17. The minimum Gasteiger partial charge on any atom is -0.493 e. The van der Waals surface area contributed by atoms with Gasteiger partial charge in [-0.2, -0.15) is 0 Å². The molecular formula is C14H15N3O. The summed E-state index contributed by atoms with van der Waals surface area (Å²) in [7, 11) is 1.85. The topological polar surface area (TPSA) is 47.0 Å². The molecule has 0 radical (unpaired) electrons. The van der Waals surface area contributed by atoms with Crippen LogP contribution < -0.4 is 10.1 Å². The van der Waals surface area contributed by atoms with Crippen LogP contribution in [0.15, 0.2) is 30.6 Å². The third kappa shape index (κ3) is 1.90. The average Bonchev–Trinajstić information content (AvgIpc) is 2.47. The second kappa shape index (κ2) is 4.64. The summed E-state index contributed by atoms with van der Waals surface area (Å²) in [6.45, 7) is 0.786. The number of rotatable bonds is 2. The predicted molar refractivity (Wildman–Crippen MR) is 70.8 cm³/mol. The Morgan fingerprint density at radius 2 is 2.22 bits per heavy atom. The third-order valence-corrected chi connectivity index (χ3v) is 3.13. The van der Waals surface area contributed by atoms with Crippen LogP contribution in [0.2, 0.25) is 0 Å². The molecule has 1 aromatic carbocycles. The predicted octanol–water partition coefficient (Wildman–Crippen LogP) is 2.51. The maximum Gasteiger partial charge on any atom is 0.131 e. The van der Waals surface area contributed by atoms with Gasteiger partial charge in [0.25, 0.3) is 0 Å². The van der Waals surface area contributed by atoms with Crippen LogP contribution in [-0.4, -0.2) is 23.6 Å². The van der Waals surface area contributed by atoms with Crippen molar-refractivity contribution in [3.8, 4) is 17.0 Å². The molecule has 1 N–H and O–H groups in total. The molecule has 2 heterocycles. The molecule has 0 fully saturated rings. The van der Waals surface area contributed by atoms with Crippen molar-refractivity contribution in [1.82, 2.24) is 9.97 Å². The number of para-hydroxylation sites is 1. The van der Waals surface area contributed by atoms with Crippen LogP contribution in [0, 0.1) is 0 Å². The molecule has 0 bridgehead atoms.